The summed E-state index contributed by atoms with van der Waals surface area (Å²) in [4.78, 5) is 14.0. The zero-order chi connectivity index (χ0) is 22.8. The fourth-order valence-electron chi connectivity index (χ4n) is 7.28. The van der Waals surface area contributed by atoms with Gasteiger partial charge in [0, 0.05) is 16.7 Å². The molecule has 31 heavy (non-hydrogen) atoms. The van der Waals surface area contributed by atoms with Gasteiger partial charge in [0.15, 0.2) is 5.78 Å². The maximum atomic E-state index is 14.0. The highest BCUT2D eigenvalue weighted by atomic mass is 16.3. The number of rotatable bonds is 2. The van der Waals surface area contributed by atoms with Gasteiger partial charge in [-0.1, -0.05) is 58.0 Å². The first-order chi connectivity index (χ1) is 14.5. The number of aryl methyl sites for hydroxylation is 1. The van der Waals surface area contributed by atoms with Crippen LogP contribution >= 0.6 is 0 Å². The molecule has 3 saturated carbocycles. The number of Topliss-reactive ketones (excluding diaryl/α,β-unsaturated/α-hetero) is 1. The van der Waals surface area contributed by atoms with Crippen LogP contribution in [0.1, 0.15) is 64.5 Å². The Balaban J connectivity index is 1.91. The van der Waals surface area contributed by atoms with E-state index in [0.29, 0.717) is 12.8 Å². The molecule has 0 aliphatic heterocycles. The maximum Gasteiger partial charge on any atom is 0.163 e. The van der Waals surface area contributed by atoms with Gasteiger partial charge in [0.05, 0.1) is 12.2 Å². The molecule has 2 N–H and O–H groups in total. The molecule has 8 atom stereocenters. The van der Waals surface area contributed by atoms with Gasteiger partial charge < -0.3 is 10.2 Å². The van der Waals surface area contributed by atoms with E-state index in [1.807, 2.05) is 25.1 Å². The minimum atomic E-state index is -0.668. The van der Waals surface area contributed by atoms with Gasteiger partial charge in [-0.25, -0.2) is 0 Å². The lowest BCUT2D eigenvalue weighted by atomic mass is 9.44. The highest BCUT2D eigenvalue weighted by Crippen LogP contribution is 2.68. The number of aliphatic hydroxyl groups excluding tert-OH is 2. The van der Waals surface area contributed by atoms with Crippen LogP contribution in [-0.4, -0.2) is 28.2 Å². The summed E-state index contributed by atoms with van der Waals surface area (Å²) in [5.41, 5.74) is 1.65. The van der Waals surface area contributed by atoms with Crippen LogP contribution in [0.15, 0.2) is 42.5 Å². The number of ketones is 1. The van der Waals surface area contributed by atoms with Crippen LogP contribution in [0.3, 0.4) is 0 Å². The summed E-state index contributed by atoms with van der Waals surface area (Å²) in [5.74, 6) is 0.0797. The van der Waals surface area contributed by atoms with E-state index in [0.717, 1.165) is 29.5 Å². The van der Waals surface area contributed by atoms with E-state index >= 15 is 0 Å². The summed E-state index contributed by atoms with van der Waals surface area (Å²) in [5, 5.41) is 23.1. The normalized spacial score (nSPS) is 46.4. The Morgan fingerprint density at radius 3 is 2.48 bits per heavy atom. The van der Waals surface area contributed by atoms with Crippen molar-refractivity contribution in [3.63, 3.8) is 0 Å². The smallest absolute Gasteiger partial charge is 0.163 e. The minimum Gasteiger partial charge on any atom is -0.392 e. The van der Waals surface area contributed by atoms with E-state index < -0.39 is 23.0 Å². The zero-order valence-electron chi connectivity index (χ0n) is 19.7. The summed E-state index contributed by atoms with van der Waals surface area (Å²) < 4.78 is 0. The van der Waals surface area contributed by atoms with Gasteiger partial charge in [-0.05, 0) is 72.6 Å². The topological polar surface area (TPSA) is 57.5 Å². The molecule has 3 fully saturated rings. The summed E-state index contributed by atoms with van der Waals surface area (Å²) in [6.45, 7) is 14.5. The lowest BCUT2D eigenvalue weighted by molar-refractivity contribution is -0.191. The highest BCUT2D eigenvalue weighted by molar-refractivity contribution is 6.05. The monoisotopic (exact) mass is 422 g/mol. The van der Waals surface area contributed by atoms with Gasteiger partial charge in [0.25, 0.3) is 0 Å². The van der Waals surface area contributed by atoms with Gasteiger partial charge in [-0.3, -0.25) is 4.79 Å². The number of hydrogen-bond donors (Lipinski definition) is 2. The second-order valence-electron chi connectivity index (χ2n) is 11.2. The Kier molecular flexibility index (Phi) is 5.38. The molecule has 4 rings (SSSR count). The van der Waals surface area contributed by atoms with Crippen molar-refractivity contribution in [2.75, 3.05) is 0 Å². The van der Waals surface area contributed by atoms with Crippen molar-refractivity contribution in [2.24, 2.45) is 34.0 Å². The van der Waals surface area contributed by atoms with E-state index in [1.165, 1.54) is 0 Å². The van der Waals surface area contributed by atoms with Gasteiger partial charge in [-0.2, -0.15) is 0 Å². The molecule has 1 aromatic carbocycles. The van der Waals surface area contributed by atoms with Crippen LogP contribution in [0.25, 0.3) is 6.08 Å². The average molecular weight is 423 g/mol. The van der Waals surface area contributed by atoms with Crippen LogP contribution in [0.5, 0.6) is 0 Å². The lowest BCUT2D eigenvalue weighted by Gasteiger charge is -2.61. The van der Waals surface area contributed by atoms with Crippen LogP contribution < -0.4 is 0 Å². The van der Waals surface area contributed by atoms with E-state index in [1.54, 1.807) is 0 Å². The number of carbonyl (C=O) groups excluding carboxylic acids is 1. The van der Waals surface area contributed by atoms with Crippen molar-refractivity contribution in [1.82, 2.24) is 0 Å². The van der Waals surface area contributed by atoms with Gasteiger partial charge >= 0.3 is 0 Å². The third-order valence-electron chi connectivity index (χ3n) is 9.79. The number of carbonyl (C=O) groups is 1. The van der Waals surface area contributed by atoms with Gasteiger partial charge in [0.2, 0.25) is 0 Å². The number of hydrogen-bond acceptors (Lipinski definition) is 3. The lowest BCUT2D eigenvalue weighted by Crippen LogP contribution is -2.62. The quantitative estimate of drug-likeness (QED) is 0.499. The first kappa shape index (κ1) is 22.5. The molecule has 3 heteroatoms. The summed E-state index contributed by atoms with van der Waals surface area (Å²) in [6.07, 6.45) is 5.55. The molecule has 3 aliphatic rings. The molecule has 3 nitrogen and oxygen atoms in total. The van der Waals surface area contributed by atoms with Crippen LogP contribution in [-0.2, 0) is 4.79 Å². The molecule has 0 radical (unpaired) electrons. The van der Waals surface area contributed by atoms with Crippen molar-refractivity contribution in [3.8, 4) is 0 Å². The molecule has 2 bridgehead atoms. The van der Waals surface area contributed by atoms with Crippen LogP contribution in [0.2, 0.25) is 0 Å². The number of benzene rings is 1. The van der Waals surface area contributed by atoms with E-state index in [9.17, 15) is 15.0 Å². The van der Waals surface area contributed by atoms with Gasteiger partial charge in [0.1, 0.15) is 0 Å². The molecular formula is C28H38O3. The van der Waals surface area contributed by atoms with E-state index in [4.69, 9.17) is 0 Å². The standard InChI is InChI=1S/C28H38O3/c1-7-26(5)16-22(29)27(6)18(3)12-13-28(19(4)25(26)31)15-21(23(30)24(27)28)14-20-11-9-8-10-17(20)2/h7-11,14,18-19,22,24-25,29,31H,1,12-13,15-16H2,2-6H3/b21-14+/t18-,19+,22-,24+,25+,26-,27+,28+/m1/s1. The first-order valence-corrected chi connectivity index (χ1v) is 11.8. The number of aliphatic hydroxyl groups is 2. The molecule has 0 unspecified atom stereocenters. The Morgan fingerprint density at radius 2 is 1.84 bits per heavy atom. The van der Waals surface area contributed by atoms with Crippen molar-refractivity contribution in [1.29, 1.82) is 0 Å². The van der Waals surface area contributed by atoms with Crippen molar-refractivity contribution in [2.45, 2.75) is 72.5 Å². The molecular weight excluding hydrogens is 384 g/mol. The minimum absolute atomic E-state index is 0.0634. The molecule has 168 valence electrons. The molecule has 0 heterocycles. The van der Waals surface area contributed by atoms with Crippen molar-refractivity contribution >= 4 is 11.9 Å². The highest BCUT2D eigenvalue weighted by Gasteiger charge is 2.68. The fraction of sp³-hybridized carbons (Fsp3) is 0.607. The molecule has 0 amide bonds. The molecule has 0 spiro atoms. The Hall–Kier alpha value is -1.71. The summed E-state index contributed by atoms with van der Waals surface area (Å²) in [7, 11) is 0. The Bertz CT molecular complexity index is 932. The SMILES string of the molecule is C=C[C@]1(C)C[C@@H](O)[C@]2(C)[C@H](C)CC[C@]3(C/C(=C\c4ccccc4C)C(=O)[C@H]32)[C@@H](C)[C@@H]1O. The van der Waals surface area contributed by atoms with E-state index in [2.05, 4.69) is 52.5 Å². The van der Waals surface area contributed by atoms with Crippen molar-refractivity contribution in [3.05, 3.63) is 53.6 Å². The van der Waals surface area contributed by atoms with Gasteiger partial charge in [-0.15, -0.1) is 6.58 Å². The second-order valence-corrected chi connectivity index (χ2v) is 11.2. The fourth-order valence-corrected chi connectivity index (χ4v) is 7.28. The maximum absolute atomic E-state index is 14.0. The molecule has 1 aromatic rings. The third kappa shape index (κ3) is 3.03. The Morgan fingerprint density at radius 1 is 1.16 bits per heavy atom. The molecule has 0 saturated heterocycles. The van der Waals surface area contributed by atoms with E-state index in [-0.39, 0.29) is 29.0 Å². The zero-order valence-corrected chi connectivity index (χ0v) is 19.7. The Labute approximate surface area is 187 Å². The number of allylic oxidation sites excluding steroid dienone is 1. The van der Waals surface area contributed by atoms with Crippen molar-refractivity contribution < 1.29 is 15.0 Å². The summed E-state index contributed by atoms with van der Waals surface area (Å²) >= 11 is 0. The second kappa shape index (κ2) is 7.42. The third-order valence-corrected chi connectivity index (χ3v) is 9.79. The predicted molar refractivity (Wildman–Crippen MR) is 125 cm³/mol. The van der Waals surface area contributed by atoms with Crippen LogP contribution in [0.4, 0.5) is 0 Å². The predicted octanol–water partition coefficient (Wildman–Crippen LogP) is 5.34. The summed E-state index contributed by atoms with van der Waals surface area (Å²) in [6, 6.07) is 8.15. The average Bonchev–Trinajstić information content (AvgIpc) is 3.04. The first-order valence-electron chi connectivity index (χ1n) is 11.8. The largest absolute Gasteiger partial charge is 0.392 e. The molecule has 3 aliphatic carbocycles. The molecule has 0 aromatic heterocycles. The van der Waals surface area contributed by atoms with Crippen LogP contribution in [0, 0.1) is 40.9 Å².